The third kappa shape index (κ3) is 6.11. The third-order valence-electron chi connectivity index (χ3n) is 6.37. The molecule has 0 aromatic heterocycles. The Balaban J connectivity index is 1.52. The topological polar surface area (TPSA) is 55.8 Å². The van der Waals surface area contributed by atoms with Gasteiger partial charge in [-0.3, -0.25) is 4.79 Å². The first-order chi connectivity index (χ1) is 16.2. The van der Waals surface area contributed by atoms with Crippen LogP contribution in [-0.4, -0.2) is 35.2 Å². The van der Waals surface area contributed by atoms with E-state index >= 15 is 0 Å². The van der Waals surface area contributed by atoms with Crippen LogP contribution >= 0.6 is 11.8 Å². The summed E-state index contributed by atoms with van der Waals surface area (Å²) in [5.74, 6) is 2.42. The van der Waals surface area contributed by atoms with Crippen LogP contribution < -0.4 is 4.74 Å². The van der Waals surface area contributed by atoms with E-state index in [9.17, 15) is 9.59 Å². The van der Waals surface area contributed by atoms with E-state index in [1.807, 2.05) is 61.5 Å². The maximum atomic E-state index is 13.4. The number of nitrogens with zero attached hydrogens (tertiary/aromatic N) is 1. The second kappa shape index (κ2) is 11.6. The maximum Gasteiger partial charge on any atom is 0.329 e. The molecule has 0 spiro atoms. The van der Waals surface area contributed by atoms with Gasteiger partial charge in [-0.1, -0.05) is 62.9 Å². The molecule has 0 bridgehead atoms. The molecule has 4 rings (SSSR count). The van der Waals surface area contributed by atoms with E-state index in [0.29, 0.717) is 24.7 Å². The van der Waals surface area contributed by atoms with Crippen molar-refractivity contribution in [3.63, 3.8) is 0 Å². The maximum absolute atomic E-state index is 13.4. The highest BCUT2D eigenvalue weighted by molar-refractivity contribution is 7.99. The highest BCUT2D eigenvalue weighted by atomic mass is 32.2. The van der Waals surface area contributed by atoms with Crippen molar-refractivity contribution in [3.8, 4) is 11.5 Å². The van der Waals surface area contributed by atoms with Crippen LogP contribution in [0.15, 0.2) is 54.6 Å². The van der Waals surface area contributed by atoms with Crippen LogP contribution in [0.3, 0.4) is 0 Å². The lowest BCUT2D eigenvalue weighted by molar-refractivity contribution is -0.154. The van der Waals surface area contributed by atoms with Crippen molar-refractivity contribution in [1.82, 2.24) is 4.90 Å². The molecule has 1 heterocycles. The van der Waals surface area contributed by atoms with E-state index in [0.717, 1.165) is 29.9 Å². The Kier molecular flexibility index (Phi) is 8.32. The van der Waals surface area contributed by atoms with Crippen molar-refractivity contribution in [2.24, 2.45) is 5.92 Å². The Morgan fingerprint density at radius 3 is 2.55 bits per heavy atom. The largest absolute Gasteiger partial charge is 0.464 e. The molecule has 2 atom stereocenters. The number of hydrogen-bond acceptors (Lipinski definition) is 5. The molecule has 2 aromatic rings. The minimum atomic E-state index is -0.540. The molecule has 0 radical (unpaired) electrons. The minimum Gasteiger partial charge on any atom is -0.464 e. The summed E-state index contributed by atoms with van der Waals surface area (Å²) in [4.78, 5) is 28.0. The zero-order valence-electron chi connectivity index (χ0n) is 19.3. The molecule has 5 nitrogen and oxygen atoms in total. The Morgan fingerprint density at radius 1 is 1.03 bits per heavy atom. The Morgan fingerprint density at radius 2 is 1.79 bits per heavy atom. The summed E-state index contributed by atoms with van der Waals surface area (Å²) in [6, 6.07) is 16.9. The molecule has 33 heavy (non-hydrogen) atoms. The number of carbonyl (C=O) groups is 2. The molecule has 1 aliphatic carbocycles. The monoisotopic (exact) mass is 467 g/mol. The predicted molar refractivity (Wildman–Crippen MR) is 131 cm³/mol. The molecular formula is C27H33NO4S. The second-order valence-electron chi connectivity index (χ2n) is 8.85. The number of hydrogen-bond donors (Lipinski definition) is 0. The van der Waals surface area contributed by atoms with Gasteiger partial charge in [-0.05, 0) is 48.6 Å². The molecule has 2 unspecified atom stereocenters. The number of benzene rings is 2. The number of amides is 1. The smallest absolute Gasteiger partial charge is 0.329 e. The Bertz CT molecular complexity index is 929. The van der Waals surface area contributed by atoms with E-state index < -0.39 is 6.04 Å². The molecular weight excluding hydrogens is 434 g/mol. The summed E-state index contributed by atoms with van der Waals surface area (Å²) in [7, 11) is 0. The van der Waals surface area contributed by atoms with E-state index in [1.54, 1.807) is 16.7 Å². The first-order valence-electron chi connectivity index (χ1n) is 12.1. The molecule has 1 saturated heterocycles. The van der Waals surface area contributed by atoms with Gasteiger partial charge in [0.05, 0.1) is 6.61 Å². The summed E-state index contributed by atoms with van der Waals surface area (Å²) in [6.45, 7) is 2.36. The van der Waals surface area contributed by atoms with Crippen LogP contribution in [0, 0.1) is 5.92 Å². The summed E-state index contributed by atoms with van der Waals surface area (Å²) in [5, 5.41) is -0.223. The number of para-hydroxylation sites is 1. The molecule has 2 aliphatic rings. The molecule has 1 amide bonds. The number of carbonyl (C=O) groups excluding carboxylic acids is 2. The van der Waals surface area contributed by atoms with Gasteiger partial charge in [0.15, 0.2) is 0 Å². The average Bonchev–Trinajstić information content (AvgIpc) is 3.52. The van der Waals surface area contributed by atoms with E-state index in [4.69, 9.17) is 9.47 Å². The van der Waals surface area contributed by atoms with Crippen LogP contribution in [0.2, 0.25) is 0 Å². The normalized spacial score (nSPS) is 20.7. The lowest BCUT2D eigenvalue weighted by Crippen LogP contribution is -2.44. The van der Waals surface area contributed by atoms with Crippen LogP contribution in [0.4, 0.5) is 0 Å². The summed E-state index contributed by atoms with van der Waals surface area (Å²) in [6.07, 6.45) is 7.12. The first kappa shape index (κ1) is 23.7. The van der Waals surface area contributed by atoms with Gasteiger partial charge in [-0.2, -0.15) is 0 Å². The summed E-state index contributed by atoms with van der Waals surface area (Å²) in [5.41, 5.74) is 0.966. The van der Waals surface area contributed by atoms with Crippen molar-refractivity contribution in [2.75, 3.05) is 12.4 Å². The molecule has 176 valence electrons. The molecule has 1 aliphatic heterocycles. The molecule has 2 aromatic carbocycles. The van der Waals surface area contributed by atoms with Gasteiger partial charge in [0.2, 0.25) is 5.91 Å². The summed E-state index contributed by atoms with van der Waals surface area (Å²) >= 11 is 1.62. The SMILES string of the molecule is CCCOC(=O)C1CSC(c2cccc(Oc3ccccc3)c2)N1C(=O)CCC1CCCC1. The van der Waals surface area contributed by atoms with Crippen molar-refractivity contribution in [1.29, 1.82) is 0 Å². The summed E-state index contributed by atoms with van der Waals surface area (Å²) < 4.78 is 11.5. The van der Waals surface area contributed by atoms with Crippen molar-refractivity contribution >= 4 is 23.6 Å². The van der Waals surface area contributed by atoms with E-state index in [1.165, 1.54) is 25.7 Å². The predicted octanol–water partition coefficient (Wildman–Crippen LogP) is 6.35. The van der Waals surface area contributed by atoms with Gasteiger partial charge < -0.3 is 14.4 Å². The Labute approximate surface area is 200 Å². The number of ether oxygens (including phenoxy) is 2. The molecule has 2 fully saturated rings. The number of thioether (sulfide) groups is 1. The van der Waals surface area contributed by atoms with Gasteiger partial charge in [0, 0.05) is 12.2 Å². The van der Waals surface area contributed by atoms with Crippen molar-refractivity contribution in [2.45, 2.75) is 63.3 Å². The molecule has 0 N–H and O–H groups in total. The van der Waals surface area contributed by atoms with Gasteiger partial charge >= 0.3 is 5.97 Å². The highest BCUT2D eigenvalue weighted by Gasteiger charge is 2.43. The average molecular weight is 468 g/mol. The molecule has 1 saturated carbocycles. The zero-order valence-corrected chi connectivity index (χ0v) is 20.1. The quantitative estimate of drug-likeness (QED) is 0.403. The fourth-order valence-electron chi connectivity index (χ4n) is 4.66. The van der Waals surface area contributed by atoms with Gasteiger partial charge in [-0.15, -0.1) is 11.8 Å². The van der Waals surface area contributed by atoms with E-state index in [2.05, 4.69) is 0 Å². The lowest BCUT2D eigenvalue weighted by atomic mass is 10.0. The third-order valence-corrected chi connectivity index (χ3v) is 7.70. The Hall–Kier alpha value is -2.47. The zero-order chi connectivity index (χ0) is 23.0. The fraction of sp³-hybridized carbons (Fsp3) is 0.481. The fourth-order valence-corrected chi connectivity index (χ4v) is 6.09. The second-order valence-corrected chi connectivity index (χ2v) is 9.96. The number of rotatable bonds is 9. The van der Waals surface area contributed by atoms with Gasteiger partial charge in [0.1, 0.15) is 22.9 Å². The van der Waals surface area contributed by atoms with Crippen LogP contribution in [-0.2, 0) is 14.3 Å². The minimum absolute atomic E-state index is 0.0460. The van der Waals surface area contributed by atoms with Gasteiger partial charge in [0.25, 0.3) is 0 Å². The van der Waals surface area contributed by atoms with E-state index in [-0.39, 0.29) is 17.3 Å². The van der Waals surface area contributed by atoms with Crippen molar-refractivity contribution < 1.29 is 19.1 Å². The highest BCUT2D eigenvalue weighted by Crippen LogP contribution is 2.43. The molecule has 6 heteroatoms. The van der Waals surface area contributed by atoms with Gasteiger partial charge in [-0.25, -0.2) is 4.79 Å². The van der Waals surface area contributed by atoms with Crippen LogP contribution in [0.25, 0.3) is 0 Å². The van der Waals surface area contributed by atoms with Crippen LogP contribution in [0.5, 0.6) is 11.5 Å². The van der Waals surface area contributed by atoms with Crippen LogP contribution in [0.1, 0.15) is 62.8 Å². The standard InChI is InChI=1S/C27H33NO4S/c1-2-17-31-27(30)24-19-33-26(28(24)25(29)16-15-20-9-6-7-10-20)21-11-8-14-23(18-21)32-22-12-4-3-5-13-22/h3-5,8,11-14,18,20,24,26H,2,6-7,9-10,15-17,19H2,1H3. The number of esters is 1. The lowest BCUT2D eigenvalue weighted by Gasteiger charge is -2.29. The van der Waals surface area contributed by atoms with Crippen molar-refractivity contribution in [3.05, 3.63) is 60.2 Å². The first-order valence-corrected chi connectivity index (χ1v) is 13.1.